The van der Waals surface area contributed by atoms with Gasteiger partial charge in [-0.25, -0.2) is 0 Å². The van der Waals surface area contributed by atoms with Crippen molar-refractivity contribution in [1.82, 2.24) is 14.4 Å². The first-order valence-corrected chi connectivity index (χ1v) is 11.7. The fraction of sp³-hybridized carbons (Fsp3) is 0.538. The predicted octanol–water partition coefficient (Wildman–Crippen LogP) is 4.33. The molecule has 0 unspecified atom stereocenters. The normalized spacial score (nSPS) is 11.0. The van der Waals surface area contributed by atoms with Gasteiger partial charge in [0.1, 0.15) is 0 Å². The summed E-state index contributed by atoms with van der Waals surface area (Å²) in [5.41, 5.74) is 2.30. The van der Waals surface area contributed by atoms with E-state index < -0.39 is 0 Å². The second-order valence-electron chi connectivity index (χ2n) is 8.49. The van der Waals surface area contributed by atoms with Crippen molar-refractivity contribution in [2.45, 2.75) is 65.6 Å². The third kappa shape index (κ3) is 8.15. The monoisotopic (exact) mass is 441 g/mol. The van der Waals surface area contributed by atoms with Gasteiger partial charge in [0, 0.05) is 51.2 Å². The summed E-state index contributed by atoms with van der Waals surface area (Å²) in [5, 5.41) is 0. The highest BCUT2D eigenvalue weighted by atomic mass is 16.5. The molecule has 0 aliphatic carbocycles. The van der Waals surface area contributed by atoms with Crippen LogP contribution in [0.25, 0.3) is 0 Å². The van der Waals surface area contributed by atoms with Crippen LogP contribution in [-0.2, 0) is 27.4 Å². The van der Waals surface area contributed by atoms with Crippen molar-refractivity contribution < 1.29 is 14.3 Å². The predicted molar refractivity (Wildman–Crippen MR) is 128 cm³/mol. The number of aromatic nitrogens is 1. The van der Waals surface area contributed by atoms with Crippen LogP contribution in [0.3, 0.4) is 0 Å². The zero-order chi connectivity index (χ0) is 23.3. The van der Waals surface area contributed by atoms with Crippen LogP contribution in [0.5, 0.6) is 0 Å². The Balaban J connectivity index is 2.09. The van der Waals surface area contributed by atoms with Crippen molar-refractivity contribution in [2.75, 3.05) is 26.8 Å². The maximum absolute atomic E-state index is 13.3. The number of hydrogen-bond donors (Lipinski definition) is 0. The molecule has 0 aliphatic rings. The number of unbranched alkanes of at least 4 members (excludes halogenated alkanes) is 1. The van der Waals surface area contributed by atoms with Gasteiger partial charge in [0.25, 0.3) is 0 Å². The van der Waals surface area contributed by atoms with E-state index in [9.17, 15) is 9.59 Å². The van der Waals surface area contributed by atoms with Crippen LogP contribution in [-0.4, -0.2) is 59.0 Å². The zero-order valence-corrected chi connectivity index (χ0v) is 20.1. The van der Waals surface area contributed by atoms with Crippen LogP contribution in [0.1, 0.15) is 57.7 Å². The summed E-state index contributed by atoms with van der Waals surface area (Å²) in [7, 11) is 1.65. The molecule has 0 fully saturated rings. The van der Waals surface area contributed by atoms with Crippen LogP contribution in [0.4, 0.5) is 0 Å². The Morgan fingerprint density at radius 2 is 1.78 bits per heavy atom. The number of nitrogens with zero attached hydrogens (tertiary/aromatic N) is 3. The minimum atomic E-state index is -0.0188. The third-order valence-electron chi connectivity index (χ3n) is 5.59. The Bertz CT molecular complexity index is 817. The second-order valence-corrected chi connectivity index (χ2v) is 8.49. The molecule has 0 N–H and O–H groups in total. The number of benzene rings is 1. The summed E-state index contributed by atoms with van der Waals surface area (Å²) < 4.78 is 7.32. The average molecular weight is 442 g/mol. The summed E-state index contributed by atoms with van der Waals surface area (Å²) in [6.45, 7) is 8.63. The van der Waals surface area contributed by atoms with E-state index in [4.69, 9.17) is 4.74 Å². The maximum atomic E-state index is 13.3. The molecule has 2 amide bonds. The number of ether oxygens (including phenoxy) is 1. The number of hydrogen-bond acceptors (Lipinski definition) is 3. The minimum Gasteiger partial charge on any atom is -0.385 e. The van der Waals surface area contributed by atoms with E-state index in [1.165, 1.54) is 5.56 Å². The van der Waals surface area contributed by atoms with Gasteiger partial charge in [-0.05, 0) is 44.4 Å². The summed E-state index contributed by atoms with van der Waals surface area (Å²) in [6.07, 6.45) is 5.06. The fourth-order valence-electron chi connectivity index (χ4n) is 3.69. The van der Waals surface area contributed by atoms with Crippen molar-refractivity contribution in [1.29, 1.82) is 0 Å². The zero-order valence-electron chi connectivity index (χ0n) is 20.1. The van der Waals surface area contributed by atoms with E-state index in [0.29, 0.717) is 26.1 Å². The smallest absolute Gasteiger partial charge is 0.242 e. The lowest BCUT2D eigenvalue weighted by atomic mass is 10.2. The molecule has 1 aromatic heterocycles. The Morgan fingerprint density at radius 1 is 1.03 bits per heavy atom. The summed E-state index contributed by atoms with van der Waals surface area (Å²) in [5.74, 6) is 0.0298. The van der Waals surface area contributed by atoms with Crippen molar-refractivity contribution in [3.8, 4) is 0 Å². The molecule has 0 atom stereocenters. The van der Waals surface area contributed by atoms with E-state index in [1.54, 1.807) is 12.0 Å². The Morgan fingerprint density at radius 3 is 2.44 bits per heavy atom. The number of carbonyl (C=O) groups excluding carboxylic acids is 2. The first-order chi connectivity index (χ1) is 15.5. The Hall–Kier alpha value is -2.60. The summed E-state index contributed by atoms with van der Waals surface area (Å²) in [6, 6.07) is 14.4. The van der Waals surface area contributed by atoms with Crippen LogP contribution < -0.4 is 0 Å². The highest BCUT2D eigenvalue weighted by Crippen LogP contribution is 2.14. The molecule has 0 radical (unpaired) electrons. The SMILES string of the molecule is CCCCC(=O)N(CCCOC)CC(=O)N(Cc1cccn1Cc1ccccc1)C(C)C. The van der Waals surface area contributed by atoms with E-state index in [0.717, 1.165) is 31.5 Å². The van der Waals surface area contributed by atoms with Crippen molar-refractivity contribution in [3.05, 3.63) is 59.9 Å². The molecule has 0 spiro atoms. The first kappa shape index (κ1) is 25.7. The topological polar surface area (TPSA) is 54.8 Å². The average Bonchev–Trinajstić information content (AvgIpc) is 3.22. The van der Waals surface area contributed by atoms with Crippen molar-refractivity contribution >= 4 is 11.8 Å². The lowest BCUT2D eigenvalue weighted by Gasteiger charge is -2.31. The molecule has 2 aromatic rings. The van der Waals surface area contributed by atoms with Gasteiger partial charge in [-0.2, -0.15) is 0 Å². The molecular formula is C26H39N3O3. The van der Waals surface area contributed by atoms with Gasteiger partial charge in [-0.1, -0.05) is 43.7 Å². The molecule has 0 saturated heterocycles. The molecule has 1 heterocycles. The van der Waals surface area contributed by atoms with E-state index >= 15 is 0 Å². The van der Waals surface area contributed by atoms with Crippen LogP contribution >= 0.6 is 0 Å². The highest BCUT2D eigenvalue weighted by molar-refractivity contribution is 5.85. The Labute approximate surface area is 193 Å². The molecule has 32 heavy (non-hydrogen) atoms. The number of methoxy groups -OCH3 is 1. The second kappa shape index (κ2) is 13.7. The third-order valence-corrected chi connectivity index (χ3v) is 5.59. The van der Waals surface area contributed by atoms with Crippen molar-refractivity contribution in [2.24, 2.45) is 0 Å². The maximum Gasteiger partial charge on any atom is 0.242 e. The molecule has 0 bridgehead atoms. The van der Waals surface area contributed by atoms with Gasteiger partial charge in [-0.3, -0.25) is 9.59 Å². The number of rotatable bonds is 14. The molecule has 176 valence electrons. The number of carbonyl (C=O) groups is 2. The fourth-order valence-corrected chi connectivity index (χ4v) is 3.69. The van der Waals surface area contributed by atoms with Gasteiger partial charge in [-0.15, -0.1) is 0 Å². The minimum absolute atomic E-state index is 0.0188. The van der Waals surface area contributed by atoms with Gasteiger partial charge >= 0.3 is 0 Å². The van der Waals surface area contributed by atoms with Crippen LogP contribution in [0.15, 0.2) is 48.7 Å². The lowest BCUT2D eigenvalue weighted by Crippen LogP contribution is -2.45. The van der Waals surface area contributed by atoms with Gasteiger partial charge < -0.3 is 19.1 Å². The molecule has 0 aliphatic heterocycles. The summed E-state index contributed by atoms with van der Waals surface area (Å²) in [4.78, 5) is 29.6. The first-order valence-electron chi connectivity index (χ1n) is 11.7. The Kier molecular flexibility index (Phi) is 11.0. The standard InChI is InChI=1S/C26H39N3O3/c1-5-6-15-25(30)28(17-11-18-32-4)21-26(31)29(22(2)3)20-24-14-10-16-27(24)19-23-12-8-7-9-13-23/h7-10,12-14,16,22H,5-6,11,15,17-21H2,1-4H3. The van der Waals surface area contributed by atoms with E-state index in [2.05, 4.69) is 35.9 Å². The van der Waals surface area contributed by atoms with Gasteiger partial charge in [0.05, 0.1) is 13.1 Å². The largest absolute Gasteiger partial charge is 0.385 e. The molecule has 0 saturated carbocycles. The van der Waals surface area contributed by atoms with Gasteiger partial charge in [0.15, 0.2) is 0 Å². The highest BCUT2D eigenvalue weighted by Gasteiger charge is 2.23. The quantitative estimate of drug-likeness (QED) is 0.410. The molecule has 6 nitrogen and oxygen atoms in total. The molecule has 2 rings (SSSR count). The van der Waals surface area contributed by atoms with E-state index in [-0.39, 0.29) is 24.4 Å². The lowest BCUT2D eigenvalue weighted by molar-refractivity contribution is -0.142. The molecule has 1 aromatic carbocycles. The van der Waals surface area contributed by atoms with Crippen molar-refractivity contribution in [3.63, 3.8) is 0 Å². The van der Waals surface area contributed by atoms with Crippen LogP contribution in [0, 0.1) is 0 Å². The van der Waals surface area contributed by atoms with Crippen LogP contribution in [0.2, 0.25) is 0 Å². The summed E-state index contributed by atoms with van der Waals surface area (Å²) >= 11 is 0. The van der Waals surface area contributed by atoms with E-state index in [1.807, 2.05) is 43.0 Å². The van der Waals surface area contributed by atoms with Gasteiger partial charge in [0.2, 0.25) is 11.8 Å². The molecular weight excluding hydrogens is 402 g/mol. The molecule has 6 heteroatoms. The number of amides is 2.